The maximum atomic E-state index is 13.0. The Morgan fingerprint density at radius 1 is 0.966 bits per heavy atom. The van der Waals surface area contributed by atoms with Gasteiger partial charge in [-0.1, -0.05) is 42.5 Å². The maximum absolute atomic E-state index is 13.0. The van der Waals surface area contributed by atoms with Gasteiger partial charge in [0.05, 0.1) is 0 Å². The molecule has 0 spiro atoms. The van der Waals surface area contributed by atoms with E-state index in [1.807, 2.05) is 32.3 Å². The van der Waals surface area contributed by atoms with Crippen LogP contribution in [-0.2, 0) is 19.7 Å². The minimum atomic E-state index is -0.278. The molecule has 0 aliphatic carbocycles. The molecule has 0 aromatic heterocycles. The number of amides is 1. The van der Waals surface area contributed by atoms with Crippen molar-refractivity contribution in [3.05, 3.63) is 101 Å². The van der Waals surface area contributed by atoms with Gasteiger partial charge in [0.15, 0.2) is 0 Å². The molecule has 0 fully saturated rings. The van der Waals surface area contributed by atoms with Crippen molar-refractivity contribution in [3.63, 3.8) is 0 Å². The minimum absolute atomic E-state index is 0.156. The normalized spacial score (nSPS) is 10.8. The molecule has 0 saturated heterocycles. The number of carbonyl (C=O) groups excluding carboxylic acids is 1. The number of hydrogen-bond acceptors (Lipinski definition) is 3. The Bertz CT molecular complexity index is 955. The number of benzene rings is 3. The Balaban J connectivity index is 1.60. The average molecular weight is 392 g/mol. The number of carbonyl (C=O) groups is 1. The molecule has 150 valence electrons. The Morgan fingerprint density at radius 3 is 2.41 bits per heavy atom. The third kappa shape index (κ3) is 6.16. The first kappa shape index (κ1) is 20.6. The Labute approximate surface area is 170 Å². The van der Waals surface area contributed by atoms with Crippen molar-refractivity contribution >= 4 is 5.91 Å². The van der Waals surface area contributed by atoms with Crippen molar-refractivity contribution in [2.45, 2.75) is 19.7 Å². The van der Waals surface area contributed by atoms with Crippen LogP contribution in [0.25, 0.3) is 0 Å². The second-order valence-electron chi connectivity index (χ2n) is 7.13. The molecule has 1 amide bonds. The summed E-state index contributed by atoms with van der Waals surface area (Å²) in [5, 5.41) is 2.98. The highest BCUT2D eigenvalue weighted by Crippen LogP contribution is 2.16. The van der Waals surface area contributed by atoms with Crippen LogP contribution in [0.15, 0.2) is 72.8 Å². The Kier molecular flexibility index (Phi) is 6.98. The lowest BCUT2D eigenvalue weighted by Gasteiger charge is -2.15. The SMILES string of the molecule is CN(C)Cc1ccccc1CNC(=O)c1cccc(OCc2ccc(F)cc2)c1. The zero-order valence-electron chi connectivity index (χ0n) is 16.7. The monoisotopic (exact) mass is 392 g/mol. The molecule has 5 heteroatoms. The van der Waals surface area contributed by atoms with Gasteiger partial charge in [0.1, 0.15) is 18.2 Å². The molecule has 0 heterocycles. The van der Waals surface area contributed by atoms with Crippen molar-refractivity contribution in [2.75, 3.05) is 14.1 Å². The van der Waals surface area contributed by atoms with Gasteiger partial charge in [-0.25, -0.2) is 4.39 Å². The summed E-state index contributed by atoms with van der Waals surface area (Å²) in [6.07, 6.45) is 0. The maximum Gasteiger partial charge on any atom is 0.251 e. The zero-order chi connectivity index (χ0) is 20.6. The van der Waals surface area contributed by atoms with Crippen molar-refractivity contribution in [1.82, 2.24) is 10.2 Å². The molecule has 3 aromatic rings. The summed E-state index contributed by atoms with van der Waals surface area (Å²) in [7, 11) is 4.04. The molecule has 0 saturated carbocycles. The Morgan fingerprint density at radius 2 is 1.69 bits per heavy atom. The molecule has 0 aliphatic rings. The molecule has 29 heavy (non-hydrogen) atoms. The van der Waals surface area contributed by atoms with E-state index in [9.17, 15) is 9.18 Å². The van der Waals surface area contributed by atoms with E-state index >= 15 is 0 Å². The van der Waals surface area contributed by atoms with E-state index in [0.29, 0.717) is 24.5 Å². The number of hydrogen-bond donors (Lipinski definition) is 1. The summed E-state index contributed by atoms with van der Waals surface area (Å²) in [5.74, 6) is 0.159. The lowest BCUT2D eigenvalue weighted by Crippen LogP contribution is -2.24. The van der Waals surface area contributed by atoms with Gasteiger partial charge in [-0.05, 0) is 61.1 Å². The van der Waals surface area contributed by atoms with Gasteiger partial charge < -0.3 is 15.0 Å². The van der Waals surface area contributed by atoms with Crippen molar-refractivity contribution in [3.8, 4) is 5.75 Å². The number of nitrogens with one attached hydrogen (secondary N) is 1. The smallest absolute Gasteiger partial charge is 0.251 e. The van der Waals surface area contributed by atoms with Gasteiger partial charge in [-0.3, -0.25) is 4.79 Å². The van der Waals surface area contributed by atoms with Crippen LogP contribution in [-0.4, -0.2) is 24.9 Å². The standard InChI is InChI=1S/C24H25FN2O2/c1-27(2)16-21-7-4-3-6-20(21)15-26-24(28)19-8-5-9-23(14-19)29-17-18-10-12-22(25)13-11-18/h3-14H,15-17H2,1-2H3,(H,26,28). The highest BCUT2D eigenvalue weighted by Gasteiger charge is 2.09. The largest absolute Gasteiger partial charge is 0.489 e. The first-order chi connectivity index (χ1) is 14.0. The number of halogens is 1. The van der Waals surface area contributed by atoms with Crippen molar-refractivity contribution in [1.29, 1.82) is 0 Å². The second kappa shape index (κ2) is 9.85. The minimum Gasteiger partial charge on any atom is -0.489 e. The summed E-state index contributed by atoms with van der Waals surface area (Å²) in [6, 6.07) is 21.3. The van der Waals surface area contributed by atoms with Crippen LogP contribution in [0.3, 0.4) is 0 Å². The third-order valence-corrected chi connectivity index (χ3v) is 4.46. The molecule has 0 atom stereocenters. The van der Waals surface area contributed by atoms with E-state index in [1.54, 1.807) is 36.4 Å². The molecule has 0 aliphatic heterocycles. The number of nitrogens with zero attached hydrogens (tertiary/aromatic N) is 1. The van der Waals surface area contributed by atoms with E-state index in [4.69, 9.17) is 4.74 Å². The van der Waals surface area contributed by atoms with E-state index < -0.39 is 0 Å². The zero-order valence-corrected chi connectivity index (χ0v) is 16.7. The fourth-order valence-electron chi connectivity index (χ4n) is 2.98. The summed E-state index contributed by atoms with van der Waals surface area (Å²) in [6.45, 7) is 1.59. The molecule has 0 unspecified atom stereocenters. The molecule has 0 bridgehead atoms. The quantitative estimate of drug-likeness (QED) is 0.618. The van der Waals surface area contributed by atoms with Crippen molar-refractivity contribution < 1.29 is 13.9 Å². The van der Waals surface area contributed by atoms with Gasteiger partial charge in [0.25, 0.3) is 5.91 Å². The highest BCUT2D eigenvalue weighted by atomic mass is 19.1. The third-order valence-electron chi connectivity index (χ3n) is 4.46. The molecule has 3 rings (SSSR count). The number of ether oxygens (including phenoxy) is 1. The van der Waals surface area contributed by atoms with Crippen LogP contribution < -0.4 is 10.1 Å². The van der Waals surface area contributed by atoms with Gasteiger partial charge in [-0.15, -0.1) is 0 Å². The van der Waals surface area contributed by atoms with Gasteiger partial charge in [-0.2, -0.15) is 0 Å². The predicted molar refractivity (Wildman–Crippen MR) is 112 cm³/mol. The second-order valence-corrected chi connectivity index (χ2v) is 7.13. The van der Waals surface area contributed by atoms with Gasteiger partial charge >= 0.3 is 0 Å². The highest BCUT2D eigenvalue weighted by molar-refractivity contribution is 5.94. The van der Waals surface area contributed by atoms with Gasteiger partial charge in [0, 0.05) is 18.7 Å². The summed E-state index contributed by atoms with van der Waals surface area (Å²) in [4.78, 5) is 14.7. The van der Waals surface area contributed by atoms with Crippen LogP contribution in [0.2, 0.25) is 0 Å². The summed E-state index contributed by atoms with van der Waals surface area (Å²) < 4.78 is 18.7. The van der Waals surface area contributed by atoms with Crippen LogP contribution in [0.1, 0.15) is 27.0 Å². The van der Waals surface area contributed by atoms with Crippen molar-refractivity contribution in [2.24, 2.45) is 0 Å². The van der Waals surface area contributed by atoms with E-state index in [1.165, 1.54) is 17.7 Å². The molecular formula is C24H25FN2O2. The van der Waals surface area contributed by atoms with E-state index in [2.05, 4.69) is 16.3 Å². The first-order valence-corrected chi connectivity index (χ1v) is 9.48. The Hall–Kier alpha value is -3.18. The van der Waals surface area contributed by atoms with E-state index in [-0.39, 0.29) is 11.7 Å². The van der Waals surface area contributed by atoms with Gasteiger partial charge in [0.2, 0.25) is 0 Å². The molecule has 1 N–H and O–H groups in total. The fraction of sp³-hybridized carbons (Fsp3) is 0.208. The fourth-order valence-corrected chi connectivity index (χ4v) is 2.98. The summed E-state index contributed by atoms with van der Waals surface area (Å²) in [5.41, 5.74) is 3.68. The summed E-state index contributed by atoms with van der Waals surface area (Å²) >= 11 is 0. The average Bonchev–Trinajstić information content (AvgIpc) is 2.72. The lowest BCUT2D eigenvalue weighted by molar-refractivity contribution is 0.0950. The number of rotatable bonds is 8. The van der Waals surface area contributed by atoms with Crippen LogP contribution >= 0.6 is 0 Å². The first-order valence-electron chi connectivity index (χ1n) is 9.48. The molecule has 3 aromatic carbocycles. The van der Waals surface area contributed by atoms with E-state index in [0.717, 1.165) is 17.7 Å². The predicted octanol–water partition coefficient (Wildman–Crippen LogP) is 4.40. The lowest BCUT2D eigenvalue weighted by atomic mass is 10.1. The molecule has 4 nitrogen and oxygen atoms in total. The molecule has 0 radical (unpaired) electrons. The van der Waals surface area contributed by atoms with Crippen LogP contribution in [0.5, 0.6) is 5.75 Å². The topological polar surface area (TPSA) is 41.6 Å². The van der Waals surface area contributed by atoms with Crippen LogP contribution in [0, 0.1) is 5.82 Å². The molecular weight excluding hydrogens is 367 g/mol. The van der Waals surface area contributed by atoms with Crippen LogP contribution in [0.4, 0.5) is 4.39 Å².